The summed E-state index contributed by atoms with van der Waals surface area (Å²) in [5, 5.41) is 1.40. The fourth-order valence-electron chi connectivity index (χ4n) is 3.48. The molecule has 1 saturated carbocycles. The van der Waals surface area contributed by atoms with E-state index in [1.54, 1.807) is 0 Å². The van der Waals surface area contributed by atoms with E-state index in [9.17, 15) is 0 Å². The molecule has 0 aliphatic heterocycles. The van der Waals surface area contributed by atoms with Gasteiger partial charge in [0, 0.05) is 11.1 Å². The third-order valence-corrected chi connectivity index (χ3v) is 5.31. The quantitative estimate of drug-likeness (QED) is 0.742. The van der Waals surface area contributed by atoms with Crippen molar-refractivity contribution in [2.45, 2.75) is 51.9 Å². The molecule has 2 nitrogen and oxygen atoms in total. The van der Waals surface area contributed by atoms with Gasteiger partial charge in [0.05, 0.1) is 11.6 Å². The maximum Gasteiger partial charge on any atom is 0.139 e. The van der Waals surface area contributed by atoms with E-state index in [0.29, 0.717) is 22.8 Å². The van der Waals surface area contributed by atoms with Gasteiger partial charge >= 0.3 is 0 Å². The Morgan fingerprint density at radius 1 is 1.14 bits per heavy atom. The molecule has 0 radical (unpaired) electrons. The van der Waals surface area contributed by atoms with Crippen LogP contribution in [0.2, 0.25) is 10.0 Å². The first-order valence-electron chi connectivity index (χ1n) is 7.91. The zero-order chi connectivity index (χ0) is 15.3. The van der Waals surface area contributed by atoms with E-state index in [1.165, 1.54) is 25.7 Å². The highest BCUT2D eigenvalue weighted by atomic mass is 35.5. The van der Waals surface area contributed by atoms with Crippen LogP contribution >= 0.6 is 23.2 Å². The zero-order valence-electron chi connectivity index (χ0n) is 12.8. The Kier molecular flexibility index (Phi) is 6.21. The van der Waals surface area contributed by atoms with Gasteiger partial charge in [0.25, 0.3) is 0 Å². The highest BCUT2D eigenvalue weighted by molar-refractivity contribution is 6.34. The Balaban J connectivity index is 2.07. The minimum absolute atomic E-state index is 0.420. The Bertz CT molecular complexity index is 470. The highest BCUT2D eigenvalue weighted by Crippen LogP contribution is 2.45. The molecule has 1 aliphatic carbocycles. The first-order valence-corrected chi connectivity index (χ1v) is 8.66. The van der Waals surface area contributed by atoms with E-state index in [1.807, 2.05) is 19.1 Å². The summed E-state index contributed by atoms with van der Waals surface area (Å²) in [6, 6.07) is 3.80. The maximum absolute atomic E-state index is 6.38. The van der Waals surface area contributed by atoms with Crippen molar-refractivity contribution >= 4 is 23.2 Å². The first-order chi connectivity index (χ1) is 10.1. The number of hydrogen-bond acceptors (Lipinski definition) is 2. The summed E-state index contributed by atoms with van der Waals surface area (Å²) in [6.07, 6.45) is 8.49. The van der Waals surface area contributed by atoms with Gasteiger partial charge in [0.2, 0.25) is 0 Å². The van der Waals surface area contributed by atoms with E-state index < -0.39 is 0 Å². The van der Waals surface area contributed by atoms with Crippen LogP contribution in [0.1, 0.15) is 51.0 Å². The number of ether oxygens (including phenoxy) is 1. The lowest BCUT2D eigenvalue weighted by atomic mass is 9.77. The second-order valence-electron chi connectivity index (χ2n) is 6.05. The predicted octanol–water partition coefficient (Wildman–Crippen LogP) is 5.23. The van der Waals surface area contributed by atoms with Crippen LogP contribution in [0, 0.1) is 5.41 Å². The molecule has 1 fully saturated rings. The molecule has 118 valence electrons. The fourth-order valence-corrected chi connectivity index (χ4v) is 3.97. The van der Waals surface area contributed by atoms with Gasteiger partial charge < -0.3 is 10.5 Å². The normalized spacial score (nSPS) is 17.1. The molecule has 0 aromatic heterocycles. The minimum Gasteiger partial charge on any atom is -0.492 e. The van der Waals surface area contributed by atoms with Crippen LogP contribution in [-0.2, 0) is 6.42 Å². The van der Waals surface area contributed by atoms with Crippen LogP contribution in [-0.4, -0.2) is 13.2 Å². The number of aryl methyl sites for hydroxylation is 1. The minimum atomic E-state index is 0.420. The third kappa shape index (κ3) is 4.28. The van der Waals surface area contributed by atoms with Crippen LogP contribution in [0.25, 0.3) is 0 Å². The summed E-state index contributed by atoms with van der Waals surface area (Å²) in [5.41, 5.74) is 7.34. The smallest absolute Gasteiger partial charge is 0.139 e. The Hall–Kier alpha value is -0.440. The van der Waals surface area contributed by atoms with Gasteiger partial charge in [-0.15, -0.1) is 0 Å². The van der Waals surface area contributed by atoms with Crippen molar-refractivity contribution in [2.24, 2.45) is 11.1 Å². The highest BCUT2D eigenvalue weighted by Gasteiger charge is 2.32. The number of hydrogen-bond donors (Lipinski definition) is 1. The van der Waals surface area contributed by atoms with Crippen molar-refractivity contribution in [3.63, 3.8) is 0 Å². The predicted molar refractivity (Wildman–Crippen MR) is 90.5 cm³/mol. The van der Waals surface area contributed by atoms with E-state index >= 15 is 0 Å². The van der Waals surface area contributed by atoms with Crippen molar-refractivity contribution in [3.05, 3.63) is 27.7 Å². The van der Waals surface area contributed by atoms with Crippen LogP contribution in [0.4, 0.5) is 0 Å². The number of halogens is 2. The Morgan fingerprint density at radius 3 is 2.48 bits per heavy atom. The summed E-state index contributed by atoms with van der Waals surface area (Å²) in [7, 11) is 0. The summed E-state index contributed by atoms with van der Waals surface area (Å²) in [6.45, 7) is 3.31. The largest absolute Gasteiger partial charge is 0.492 e. The maximum atomic E-state index is 6.38. The summed E-state index contributed by atoms with van der Waals surface area (Å²) < 4.78 is 5.48. The molecule has 0 atom stereocenters. The molecule has 1 aromatic rings. The van der Waals surface area contributed by atoms with E-state index in [2.05, 4.69) is 0 Å². The second kappa shape index (κ2) is 7.71. The molecular formula is C17H25Cl2NO. The van der Waals surface area contributed by atoms with E-state index in [0.717, 1.165) is 36.4 Å². The molecule has 4 heteroatoms. The zero-order valence-corrected chi connectivity index (χ0v) is 14.3. The molecule has 0 saturated heterocycles. The number of rotatable bonds is 7. The molecule has 0 spiro atoms. The lowest BCUT2D eigenvalue weighted by molar-refractivity contribution is 0.253. The molecule has 2 N–H and O–H groups in total. The molecule has 2 rings (SSSR count). The molecule has 1 aliphatic rings. The molecule has 0 bridgehead atoms. The van der Waals surface area contributed by atoms with Gasteiger partial charge in [-0.25, -0.2) is 0 Å². The SMILES string of the molecule is CCOc1cc(Cl)c(CCC2(CCN)CCCC2)cc1Cl. The van der Waals surface area contributed by atoms with Crippen molar-refractivity contribution in [1.29, 1.82) is 0 Å². The van der Waals surface area contributed by atoms with Gasteiger partial charge in [0.1, 0.15) is 5.75 Å². The standard InChI is InChI=1S/C17H25Cl2NO/c1-2-21-16-12-14(18)13(11-15(16)19)5-8-17(9-10-20)6-3-4-7-17/h11-12H,2-10,20H2,1H3. The van der Waals surface area contributed by atoms with Crippen LogP contribution in [0.3, 0.4) is 0 Å². The molecular weight excluding hydrogens is 305 g/mol. The lowest BCUT2D eigenvalue weighted by Crippen LogP contribution is -2.21. The van der Waals surface area contributed by atoms with Crippen molar-refractivity contribution in [2.75, 3.05) is 13.2 Å². The summed E-state index contributed by atoms with van der Waals surface area (Å²) in [5.74, 6) is 0.672. The molecule has 1 aromatic carbocycles. The van der Waals surface area contributed by atoms with E-state index in [4.69, 9.17) is 33.7 Å². The Morgan fingerprint density at radius 2 is 1.86 bits per heavy atom. The molecule has 0 amide bonds. The van der Waals surface area contributed by atoms with Gasteiger partial charge in [-0.2, -0.15) is 0 Å². The second-order valence-corrected chi connectivity index (χ2v) is 6.87. The first kappa shape index (κ1) is 16.9. The summed E-state index contributed by atoms with van der Waals surface area (Å²) >= 11 is 12.6. The number of benzene rings is 1. The van der Waals surface area contributed by atoms with Gasteiger partial charge in [-0.05, 0) is 62.6 Å². The topological polar surface area (TPSA) is 35.2 Å². The lowest BCUT2D eigenvalue weighted by Gasteiger charge is -2.28. The number of nitrogens with two attached hydrogens (primary N) is 1. The average Bonchev–Trinajstić information content (AvgIpc) is 2.91. The molecule has 21 heavy (non-hydrogen) atoms. The van der Waals surface area contributed by atoms with Gasteiger partial charge in [-0.1, -0.05) is 36.0 Å². The van der Waals surface area contributed by atoms with Crippen molar-refractivity contribution in [3.8, 4) is 5.75 Å². The van der Waals surface area contributed by atoms with Crippen molar-refractivity contribution in [1.82, 2.24) is 0 Å². The molecule has 0 unspecified atom stereocenters. The summed E-state index contributed by atoms with van der Waals surface area (Å²) in [4.78, 5) is 0. The third-order valence-electron chi connectivity index (χ3n) is 4.66. The van der Waals surface area contributed by atoms with Gasteiger partial charge in [-0.3, -0.25) is 0 Å². The van der Waals surface area contributed by atoms with Crippen LogP contribution in [0.15, 0.2) is 12.1 Å². The molecule has 0 heterocycles. The monoisotopic (exact) mass is 329 g/mol. The van der Waals surface area contributed by atoms with Gasteiger partial charge in [0.15, 0.2) is 0 Å². The Labute approximate surface area is 137 Å². The van der Waals surface area contributed by atoms with Crippen LogP contribution < -0.4 is 10.5 Å². The van der Waals surface area contributed by atoms with Crippen molar-refractivity contribution < 1.29 is 4.74 Å². The average molecular weight is 330 g/mol. The fraction of sp³-hybridized carbons (Fsp3) is 0.647. The van der Waals surface area contributed by atoms with Crippen LogP contribution in [0.5, 0.6) is 5.75 Å². The van der Waals surface area contributed by atoms with E-state index in [-0.39, 0.29) is 0 Å².